The molecule has 0 spiro atoms. The molecule has 1 heterocycles. The summed E-state index contributed by atoms with van der Waals surface area (Å²) >= 11 is 0.976. The smallest absolute Gasteiger partial charge is 0.401 e. The van der Waals surface area contributed by atoms with Gasteiger partial charge in [0.05, 0.1) is 7.11 Å². The molecular weight excluding hydrogens is 443 g/mol. The van der Waals surface area contributed by atoms with Gasteiger partial charge in [0.25, 0.3) is 0 Å². The fraction of sp³-hybridized carbons (Fsp3) is 0.304. The van der Waals surface area contributed by atoms with Crippen molar-refractivity contribution >= 4 is 29.2 Å². The van der Waals surface area contributed by atoms with Crippen molar-refractivity contribution < 1.29 is 32.6 Å². The fourth-order valence-corrected chi connectivity index (χ4v) is 4.51. The van der Waals surface area contributed by atoms with Crippen molar-refractivity contribution in [2.75, 3.05) is 19.4 Å². The summed E-state index contributed by atoms with van der Waals surface area (Å²) in [4.78, 5) is 25.4. The molecule has 170 valence electrons. The summed E-state index contributed by atoms with van der Waals surface area (Å²) in [6.07, 6.45) is -3.45. The molecule has 3 rings (SSSR count). The highest BCUT2D eigenvalue weighted by Crippen LogP contribution is 2.35. The Morgan fingerprint density at radius 1 is 1.16 bits per heavy atom. The highest BCUT2D eigenvalue weighted by Gasteiger charge is 2.49. The molecule has 0 saturated heterocycles. The minimum absolute atomic E-state index is 0.185. The maximum absolute atomic E-state index is 13.8. The quantitative estimate of drug-likeness (QED) is 0.623. The summed E-state index contributed by atoms with van der Waals surface area (Å²) in [6, 6.07) is 14.2. The number of thioether (sulfide) groups is 1. The van der Waals surface area contributed by atoms with Crippen LogP contribution in [0.3, 0.4) is 0 Å². The van der Waals surface area contributed by atoms with Crippen LogP contribution in [0.5, 0.6) is 5.75 Å². The second-order valence-electron chi connectivity index (χ2n) is 7.26. The van der Waals surface area contributed by atoms with Gasteiger partial charge in [-0.05, 0) is 34.9 Å². The molecular formula is C23H22F3NO4S. The van der Waals surface area contributed by atoms with Gasteiger partial charge in [0, 0.05) is 18.1 Å². The Balaban J connectivity index is 1.72. The Morgan fingerprint density at radius 2 is 1.81 bits per heavy atom. The van der Waals surface area contributed by atoms with E-state index in [-0.39, 0.29) is 12.3 Å². The highest BCUT2D eigenvalue weighted by molar-refractivity contribution is 7.98. The zero-order valence-corrected chi connectivity index (χ0v) is 18.0. The summed E-state index contributed by atoms with van der Waals surface area (Å²) in [5, 5.41) is 9.51. The standard InChI is InChI=1S/C23H22F3NO4S/c1-31-18-9-7-15(8-10-18)13-32-14-19(23(24,25)26)21(28)27-12-17(11-20(27)22(29)30)16-5-3-2-4-6-16/h2-11,19-20H,12-14H2,1H3,(H,29,30)/t19-,20?/m0/s1. The van der Waals surface area contributed by atoms with Gasteiger partial charge in [-0.15, -0.1) is 0 Å². The van der Waals surface area contributed by atoms with Crippen LogP contribution < -0.4 is 4.74 Å². The lowest BCUT2D eigenvalue weighted by atomic mass is 10.1. The molecule has 0 saturated carbocycles. The third-order valence-corrected chi connectivity index (χ3v) is 6.23. The zero-order chi connectivity index (χ0) is 23.3. The number of amides is 1. The van der Waals surface area contributed by atoms with Gasteiger partial charge >= 0.3 is 12.1 Å². The maximum Gasteiger partial charge on any atom is 0.401 e. The number of halogens is 3. The van der Waals surface area contributed by atoms with Crippen molar-refractivity contribution in [2.45, 2.75) is 18.0 Å². The van der Waals surface area contributed by atoms with Crippen molar-refractivity contribution in [1.82, 2.24) is 4.90 Å². The fourth-order valence-electron chi connectivity index (χ4n) is 3.40. The monoisotopic (exact) mass is 465 g/mol. The van der Waals surface area contributed by atoms with Gasteiger partial charge in [-0.1, -0.05) is 42.5 Å². The van der Waals surface area contributed by atoms with Gasteiger partial charge in [0.15, 0.2) is 0 Å². The molecule has 0 fully saturated rings. The van der Waals surface area contributed by atoms with Crippen molar-refractivity contribution in [3.8, 4) is 5.75 Å². The summed E-state index contributed by atoms with van der Waals surface area (Å²) < 4.78 is 46.3. The average Bonchev–Trinajstić information content (AvgIpc) is 3.22. The van der Waals surface area contributed by atoms with Gasteiger partial charge < -0.3 is 14.7 Å². The van der Waals surface area contributed by atoms with Crippen LogP contribution >= 0.6 is 11.8 Å². The van der Waals surface area contributed by atoms with Crippen molar-refractivity contribution in [3.05, 3.63) is 71.8 Å². The van der Waals surface area contributed by atoms with Crippen LogP contribution in [0.15, 0.2) is 60.7 Å². The molecule has 9 heteroatoms. The molecule has 2 aromatic rings. The van der Waals surface area contributed by atoms with E-state index < -0.39 is 35.8 Å². The van der Waals surface area contributed by atoms with Crippen molar-refractivity contribution in [1.29, 1.82) is 0 Å². The second kappa shape index (κ2) is 10.1. The van der Waals surface area contributed by atoms with Crippen molar-refractivity contribution in [2.24, 2.45) is 5.92 Å². The number of alkyl halides is 3. The first-order valence-electron chi connectivity index (χ1n) is 9.77. The lowest BCUT2D eigenvalue weighted by Crippen LogP contribution is -2.48. The van der Waals surface area contributed by atoms with E-state index in [9.17, 15) is 27.9 Å². The molecule has 1 amide bonds. The first-order valence-corrected chi connectivity index (χ1v) is 10.9. The van der Waals surface area contributed by atoms with Crippen LogP contribution in [0.2, 0.25) is 0 Å². The molecule has 0 aromatic heterocycles. The van der Waals surface area contributed by atoms with E-state index in [1.165, 1.54) is 13.2 Å². The number of hydrogen-bond donors (Lipinski definition) is 1. The van der Waals surface area contributed by atoms with E-state index in [0.29, 0.717) is 16.9 Å². The number of carboxylic acid groups (broad SMARTS) is 1. The Hall–Kier alpha value is -2.94. The summed E-state index contributed by atoms with van der Waals surface area (Å²) in [6.45, 7) is -0.185. The lowest BCUT2D eigenvalue weighted by molar-refractivity contribution is -0.186. The number of ether oxygens (including phenoxy) is 1. The van der Waals surface area contributed by atoms with Crippen LogP contribution in [0.4, 0.5) is 13.2 Å². The van der Waals surface area contributed by atoms with Gasteiger partial charge in [-0.25, -0.2) is 4.79 Å². The van der Waals surface area contributed by atoms with E-state index in [1.54, 1.807) is 54.6 Å². The van der Waals surface area contributed by atoms with Crippen LogP contribution in [-0.4, -0.2) is 53.5 Å². The lowest BCUT2D eigenvalue weighted by Gasteiger charge is -2.28. The van der Waals surface area contributed by atoms with E-state index in [1.807, 2.05) is 0 Å². The maximum atomic E-state index is 13.8. The molecule has 1 unspecified atom stereocenters. The Bertz CT molecular complexity index is 977. The average molecular weight is 465 g/mol. The van der Waals surface area contributed by atoms with E-state index in [4.69, 9.17) is 4.74 Å². The Kier molecular flexibility index (Phi) is 7.50. The molecule has 0 bridgehead atoms. The molecule has 0 radical (unpaired) electrons. The third kappa shape index (κ3) is 5.64. The van der Waals surface area contributed by atoms with Crippen LogP contribution in [0.1, 0.15) is 11.1 Å². The van der Waals surface area contributed by atoms with Crippen molar-refractivity contribution in [3.63, 3.8) is 0 Å². The number of hydrogen-bond acceptors (Lipinski definition) is 4. The van der Waals surface area contributed by atoms with Gasteiger partial charge in [-0.3, -0.25) is 4.79 Å². The number of carboxylic acids is 1. The first kappa shape index (κ1) is 23.7. The minimum atomic E-state index is -4.79. The molecule has 1 N–H and O–H groups in total. The molecule has 32 heavy (non-hydrogen) atoms. The normalized spacial score (nSPS) is 17.1. The van der Waals surface area contributed by atoms with Gasteiger partial charge in [0.2, 0.25) is 5.91 Å². The number of benzene rings is 2. The largest absolute Gasteiger partial charge is 0.497 e. The molecule has 1 aliphatic heterocycles. The molecule has 2 atom stereocenters. The number of rotatable bonds is 8. The van der Waals surface area contributed by atoms with Gasteiger partial charge in [0.1, 0.15) is 17.7 Å². The summed E-state index contributed by atoms with van der Waals surface area (Å²) in [5.41, 5.74) is 1.98. The molecule has 1 aliphatic rings. The predicted molar refractivity (Wildman–Crippen MR) is 116 cm³/mol. The van der Waals surface area contributed by atoms with E-state index in [2.05, 4.69) is 0 Å². The van der Waals surface area contributed by atoms with Gasteiger partial charge in [-0.2, -0.15) is 24.9 Å². The topological polar surface area (TPSA) is 66.8 Å². The second-order valence-corrected chi connectivity index (χ2v) is 8.29. The highest BCUT2D eigenvalue weighted by atomic mass is 32.2. The molecule has 0 aliphatic carbocycles. The number of aliphatic carboxylic acids is 1. The first-order chi connectivity index (χ1) is 15.2. The zero-order valence-electron chi connectivity index (χ0n) is 17.2. The minimum Gasteiger partial charge on any atom is -0.497 e. The van der Waals surface area contributed by atoms with E-state index in [0.717, 1.165) is 22.2 Å². The molecule has 5 nitrogen and oxygen atoms in total. The Labute approximate surface area is 187 Å². The number of methoxy groups -OCH3 is 1. The van der Waals surface area contributed by atoms with Crippen LogP contribution in [0, 0.1) is 5.92 Å². The van der Waals surface area contributed by atoms with Crippen LogP contribution in [0.25, 0.3) is 5.57 Å². The summed E-state index contributed by atoms with van der Waals surface area (Å²) in [7, 11) is 1.52. The summed E-state index contributed by atoms with van der Waals surface area (Å²) in [5.74, 6) is -4.48. The van der Waals surface area contributed by atoms with Crippen LogP contribution in [-0.2, 0) is 15.3 Å². The number of carbonyl (C=O) groups is 2. The predicted octanol–water partition coefficient (Wildman–Crippen LogP) is 4.49. The SMILES string of the molecule is COc1ccc(CSC[C@@H](C(=O)N2CC(c3ccccc3)=CC2C(=O)O)C(F)(F)F)cc1. The molecule has 2 aromatic carbocycles. The Morgan fingerprint density at radius 3 is 2.38 bits per heavy atom. The number of carbonyl (C=O) groups excluding carboxylic acids is 1. The van der Waals surface area contributed by atoms with E-state index >= 15 is 0 Å². The number of nitrogens with zero attached hydrogens (tertiary/aromatic N) is 1. The third-order valence-electron chi connectivity index (χ3n) is 5.12.